The van der Waals surface area contributed by atoms with Crippen LogP contribution in [-0.2, 0) is 6.54 Å². The first-order valence-corrected chi connectivity index (χ1v) is 6.01. The number of piperazine rings is 1. The SMILES string of the molecule is CCC1CN(Cc2cnc(C)cn2)CCN1. The molecule has 0 bridgehead atoms. The molecule has 88 valence electrons. The van der Waals surface area contributed by atoms with E-state index in [0.29, 0.717) is 6.04 Å². The zero-order valence-corrected chi connectivity index (χ0v) is 10.1. The van der Waals surface area contributed by atoms with E-state index >= 15 is 0 Å². The van der Waals surface area contributed by atoms with E-state index in [-0.39, 0.29) is 0 Å². The minimum Gasteiger partial charge on any atom is -0.311 e. The molecule has 1 saturated heterocycles. The Labute approximate surface area is 97.1 Å². The number of rotatable bonds is 3. The third-order valence-corrected chi connectivity index (χ3v) is 3.05. The number of hydrogen-bond acceptors (Lipinski definition) is 4. The van der Waals surface area contributed by atoms with Gasteiger partial charge in [-0.3, -0.25) is 14.9 Å². The largest absolute Gasteiger partial charge is 0.311 e. The molecule has 1 aromatic heterocycles. The van der Waals surface area contributed by atoms with Gasteiger partial charge in [-0.1, -0.05) is 6.92 Å². The summed E-state index contributed by atoms with van der Waals surface area (Å²) in [6, 6.07) is 0.632. The van der Waals surface area contributed by atoms with Crippen molar-refractivity contribution >= 4 is 0 Å². The molecule has 2 heterocycles. The summed E-state index contributed by atoms with van der Waals surface area (Å²) in [4.78, 5) is 11.1. The average molecular weight is 220 g/mol. The minimum atomic E-state index is 0.632. The second-order valence-corrected chi connectivity index (χ2v) is 4.44. The molecule has 0 radical (unpaired) electrons. The number of hydrogen-bond donors (Lipinski definition) is 1. The molecule has 16 heavy (non-hydrogen) atoms. The van der Waals surface area contributed by atoms with Crippen LogP contribution in [0.25, 0.3) is 0 Å². The Morgan fingerprint density at radius 1 is 1.44 bits per heavy atom. The van der Waals surface area contributed by atoms with E-state index in [1.165, 1.54) is 6.42 Å². The molecule has 0 amide bonds. The monoisotopic (exact) mass is 220 g/mol. The lowest BCUT2D eigenvalue weighted by molar-refractivity contribution is 0.188. The first-order valence-electron chi connectivity index (χ1n) is 6.01. The fraction of sp³-hybridized carbons (Fsp3) is 0.667. The molecule has 1 aliphatic heterocycles. The molecule has 1 aliphatic rings. The van der Waals surface area contributed by atoms with E-state index in [1.807, 2.05) is 19.3 Å². The van der Waals surface area contributed by atoms with Gasteiger partial charge < -0.3 is 5.32 Å². The smallest absolute Gasteiger partial charge is 0.0727 e. The quantitative estimate of drug-likeness (QED) is 0.824. The van der Waals surface area contributed by atoms with Crippen LogP contribution in [0.1, 0.15) is 24.7 Å². The third kappa shape index (κ3) is 3.00. The zero-order chi connectivity index (χ0) is 11.4. The van der Waals surface area contributed by atoms with Gasteiger partial charge in [-0.05, 0) is 13.3 Å². The second-order valence-electron chi connectivity index (χ2n) is 4.44. The van der Waals surface area contributed by atoms with Gasteiger partial charge in [0.2, 0.25) is 0 Å². The normalized spacial score (nSPS) is 22.2. The highest BCUT2D eigenvalue weighted by Gasteiger charge is 2.17. The summed E-state index contributed by atoms with van der Waals surface area (Å²) >= 11 is 0. The van der Waals surface area contributed by atoms with Crippen molar-refractivity contribution in [2.24, 2.45) is 0 Å². The summed E-state index contributed by atoms with van der Waals surface area (Å²) in [5.41, 5.74) is 2.05. The predicted molar refractivity (Wildman–Crippen MR) is 64.1 cm³/mol. The Hall–Kier alpha value is -1.00. The van der Waals surface area contributed by atoms with Gasteiger partial charge in [-0.15, -0.1) is 0 Å². The molecular weight excluding hydrogens is 200 g/mol. The highest BCUT2D eigenvalue weighted by Crippen LogP contribution is 2.06. The number of aryl methyl sites for hydroxylation is 1. The molecule has 0 aromatic carbocycles. The molecule has 0 aliphatic carbocycles. The molecule has 1 aromatic rings. The Morgan fingerprint density at radius 2 is 2.31 bits per heavy atom. The fourth-order valence-electron chi connectivity index (χ4n) is 2.04. The lowest BCUT2D eigenvalue weighted by Gasteiger charge is -2.32. The number of aromatic nitrogens is 2. The number of nitrogens with one attached hydrogen (secondary N) is 1. The van der Waals surface area contributed by atoms with Crippen molar-refractivity contribution in [1.29, 1.82) is 0 Å². The molecule has 4 heteroatoms. The van der Waals surface area contributed by atoms with Gasteiger partial charge in [0, 0.05) is 44.6 Å². The molecule has 0 spiro atoms. The van der Waals surface area contributed by atoms with Crippen LogP contribution >= 0.6 is 0 Å². The van der Waals surface area contributed by atoms with Gasteiger partial charge in [0.05, 0.1) is 11.4 Å². The van der Waals surface area contributed by atoms with Crippen molar-refractivity contribution in [2.75, 3.05) is 19.6 Å². The van der Waals surface area contributed by atoms with Gasteiger partial charge in [0.1, 0.15) is 0 Å². The van der Waals surface area contributed by atoms with E-state index < -0.39 is 0 Å². The van der Waals surface area contributed by atoms with Crippen molar-refractivity contribution in [3.63, 3.8) is 0 Å². The van der Waals surface area contributed by atoms with E-state index in [4.69, 9.17) is 0 Å². The van der Waals surface area contributed by atoms with Gasteiger partial charge in [0.25, 0.3) is 0 Å². The summed E-state index contributed by atoms with van der Waals surface area (Å²) in [6.45, 7) is 8.42. The van der Waals surface area contributed by atoms with Crippen LogP contribution < -0.4 is 5.32 Å². The molecule has 1 unspecified atom stereocenters. The third-order valence-electron chi connectivity index (χ3n) is 3.05. The lowest BCUT2D eigenvalue weighted by atomic mass is 10.1. The van der Waals surface area contributed by atoms with Crippen LogP contribution in [0.3, 0.4) is 0 Å². The summed E-state index contributed by atoms with van der Waals surface area (Å²) in [7, 11) is 0. The number of nitrogens with zero attached hydrogens (tertiary/aromatic N) is 3. The van der Waals surface area contributed by atoms with Gasteiger partial charge >= 0.3 is 0 Å². The van der Waals surface area contributed by atoms with Gasteiger partial charge in [-0.2, -0.15) is 0 Å². The predicted octanol–water partition coefficient (Wildman–Crippen LogP) is 0.969. The standard InChI is InChI=1S/C12H20N4/c1-3-11-8-16(5-4-13-11)9-12-7-14-10(2)6-15-12/h6-7,11,13H,3-5,8-9H2,1-2H3. The summed E-state index contributed by atoms with van der Waals surface area (Å²) in [6.07, 6.45) is 4.92. The van der Waals surface area contributed by atoms with Crippen LogP contribution in [0.4, 0.5) is 0 Å². The van der Waals surface area contributed by atoms with E-state index in [1.54, 1.807) is 0 Å². The summed E-state index contributed by atoms with van der Waals surface area (Å²) < 4.78 is 0. The Morgan fingerprint density at radius 3 is 3.00 bits per heavy atom. The molecule has 2 rings (SSSR count). The topological polar surface area (TPSA) is 41.1 Å². The molecule has 1 atom stereocenters. The van der Waals surface area contributed by atoms with E-state index in [2.05, 4.69) is 27.1 Å². The summed E-state index contributed by atoms with van der Waals surface area (Å²) in [5.74, 6) is 0. The van der Waals surface area contributed by atoms with Crippen LogP contribution in [0.2, 0.25) is 0 Å². The molecular formula is C12H20N4. The Balaban J connectivity index is 1.91. The molecule has 1 N–H and O–H groups in total. The summed E-state index contributed by atoms with van der Waals surface area (Å²) in [5, 5.41) is 3.52. The maximum absolute atomic E-state index is 4.40. The van der Waals surface area contributed by atoms with E-state index in [9.17, 15) is 0 Å². The maximum Gasteiger partial charge on any atom is 0.0727 e. The Kier molecular flexibility index (Phi) is 3.85. The van der Waals surface area contributed by atoms with Crippen LogP contribution in [0, 0.1) is 6.92 Å². The van der Waals surface area contributed by atoms with Crippen molar-refractivity contribution in [3.05, 3.63) is 23.8 Å². The molecule has 1 fully saturated rings. The van der Waals surface area contributed by atoms with E-state index in [0.717, 1.165) is 37.6 Å². The average Bonchev–Trinajstić information content (AvgIpc) is 2.32. The van der Waals surface area contributed by atoms with Crippen LogP contribution in [-0.4, -0.2) is 40.5 Å². The van der Waals surface area contributed by atoms with Gasteiger partial charge in [-0.25, -0.2) is 0 Å². The Bertz CT molecular complexity index is 322. The van der Waals surface area contributed by atoms with Crippen molar-refractivity contribution in [3.8, 4) is 0 Å². The highest BCUT2D eigenvalue weighted by molar-refractivity contribution is 5.00. The lowest BCUT2D eigenvalue weighted by Crippen LogP contribution is -2.49. The van der Waals surface area contributed by atoms with Crippen LogP contribution in [0.15, 0.2) is 12.4 Å². The molecule has 0 saturated carbocycles. The first kappa shape index (κ1) is 11.5. The highest BCUT2D eigenvalue weighted by atomic mass is 15.2. The second kappa shape index (κ2) is 5.37. The zero-order valence-electron chi connectivity index (χ0n) is 10.1. The fourth-order valence-corrected chi connectivity index (χ4v) is 2.04. The van der Waals surface area contributed by atoms with Crippen molar-refractivity contribution in [1.82, 2.24) is 20.2 Å². The van der Waals surface area contributed by atoms with Crippen molar-refractivity contribution < 1.29 is 0 Å². The first-order chi connectivity index (χ1) is 7.78. The van der Waals surface area contributed by atoms with Gasteiger partial charge in [0.15, 0.2) is 0 Å². The molecule has 4 nitrogen and oxygen atoms in total. The minimum absolute atomic E-state index is 0.632. The maximum atomic E-state index is 4.40. The van der Waals surface area contributed by atoms with Crippen LogP contribution in [0.5, 0.6) is 0 Å². The van der Waals surface area contributed by atoms with Crippen molar-refractivity contribution in [2.45, 2.75) is 32.9 Å².